The highest BCUT2D eigenvalue weighted by molar-refractivity contribution is 5.44. The van der Waals surface area contributed by atoms with Crippen LogP contribution in [0.2, 0.25) is 0 Å². The predicted octanol–water partition coefficient (Wildman–Crippen LogP) is 4.73. The van der Waals surface area contributed by atoms with Crippen LogP contribution in [0.15, 0.2) is 42.6 Å². The summed E-state index contributed by atoms with van der Waals surface area (Å²) in [7, 11) is 0. The van der Waals surface area contributed by atoms with Crippen LogP contribution >= 0.6 is 0 Å². The van der Waals surface area contributed by atoms with Crippen molar-refractivity contribution in [2.24, 2.45) is 5.92 Å². The summed E-state index contributed by atoms with van der Waals surface area (Å²) in [5.41, 5.74) is 0.506. The number of para-hydroxylation sites is 1. The molecule has 0 radical (unpaired) electrons. The van der Waals surface area contributed by atoms with E-state index in [9.17, 15) is 13.2 Å². The van der Waals surface area contributed by atoms with E-state index < -0.39 is 11.7 Å². The Morgan fingerprint density at radius 1 is 1.04 bits per heavy atom. The van der Waals surface area contributed by atoms with Gasteiger partial charge in [0.05, 0.1) is 11.3 Å². The second kappa shape index (κ2) is 6.40. The quantitative estimate of drug-likeness (QED) is 0.793. The number of aromatic nitrogens is 1. The van der Waals surface area contributed by atoms with E-state index in [0.717, 1.165) is 43.6 Å². The lowest BCUT2D eigenvalue weighted by molar-refractivity contribution is -0.137. The average molecular weight is 322 g/mol. The second-order valence-electron chi connectivity index (χ2n) is 6.34. The third-order valence-electron chi connectivity index (χ3n) is 4.56. The summed E-state index contributed by atoms with van der Waals surface area (Å²) >= 11 is 0. The van der Waals surface area contributed by atoms with E-state index in [1.165, 1.54) is 12.1 Å². The molecule has 1 aromatic heterocycles. The number of halogens is 3. The molecule has 0 N–H and O–H groups in total. The number of piperidine rings is 1. The summed E-state index contributed by atoms with van der Waals surface area (Å²) in [5, 5.41) is 0. The summed E-state index contributed by atoms with van der Waals surface area (Å²) in [6.07, 6.45) is -0.329. The van der Waals surface area contributed by atoms with Crippen LogP contribution in [0.1, 0.15) is 31.0 Å². The molecular formula is C18H21F3N2. The van der Waals surface area contributed by atoms with E-state index in [0.29, 0.717) is 6.54 Å². The highest BCUT2D eigenvalue weighted by Crippen LogP contribution is 2.34. The maximum Gasteiger partial charge on any atom is 0.418 e. The summed E-state index contributed by atoms with van der Waals surface area (Å²) in [4.78, 5) is 2.32. The van der Waals surface area contributed by atoms with Gasteiger partial charge in [-0.3, -0.25) is 4.90 Å². The number of likely N-dealkylation sites (tertiary alicyclic amines) is 1. The number of rotatable bonds is 3. The average Bonchev–Trinajstić information content (AvgIpc) is 2.97. The zero-order valence-corrected chi connectivity index (χ0v) is 13.2. The highest BCUT2D eigenvalue weighted by Gasteiger charge is 2.34. The minimum Gasteiger partial charge on any atom is -0.319 e. The normalized spacial score (nSPS) is 17.6. The molecule has 1 aliphatic heterocycles. The number of nitrogens with zero attached hydrogens (tertiary/aromatic N) is 2. The van der Waals surface area contributed by atoms with Crippen LogP contribution in [0.3, 0.4) is 0 Å². The van der Waals surface area contributed by atoms with Gasteiger partial charge in [0.1, 0.15) is 0 Å². The lowest BCUT2D eigenvalue weighted by Crippen LogP contribution is -2.33. The van der Waals surface area contributed by atoms with Crippen LogP contribution in [-0.4, -0.2) is 22.6 Å². The zero-order valence-electron chi connectivity index (χ0n) is 13.2. The first-order chi connectivity index (χ1) is 10.9. The third-order valence-corrected chi connectivity index (χ3v) is 4.56. The molecule has 0 unspecified atom stereocenters. The van der Waals surface area contributed by atoms with Crippen molar-refractivity contribution in [1.29, 1.82) is 0 Å². The van der Waals surface area contributed by atoms with E-state index in [4.69, 9.17) is 0 Å². The van der Waals surface area contributed by atoms with Crippen molar-refractivity contribution in [2.45, 2.75) is 32.5 Å². The van der Waals surface area contributed by atoms with Crippen molar-refractivity contribution in [1.82, 2.24) is 9.47 Å². The molecule has 1 aliphatic rings. The molecule has 0 atom stereocenters. The summed E-state index contributed by atoms with van der Waals surface area (Å²) in [6, 6.07) is 9.48. The van der Waals surface area contributed by atoms with E-state index in [1.54, 1.807) is 16.8 Å². The number of hydrogen-bond donors (Lipinski definition) is 0. The van der Waals surface area contributed by atoms with Gasteiger partial charge in [0.25, 0.3) is 0 Å². The Morgan fingerprint density at radius 3 is 2.43 bits per heavy atom. The van der Waals surface area contributed by atoms with E-state index in [2.05, 4.69) is 11.8 Å². The Balaban J connectivity index is 1.87. The standard InChI is InChI=1S/C18H21F3N2/c1-14-8-11-22(12-9-14)13-15-5-4-10-23(15)17-7-3-2-6-16(17)18(19,20)21/h2-7,10,14H,8-9,11-13H2,1H3. The van der Waals surface area contributed by atoms with Gasteiger partial charge < -0.3 is 4.57 Å². The Labute approximate surface area is 134 Å². The van der Waals surface area contributed by atoms with Gasteiger partial charge in [-0.15, -0.1) is 0 Å². The summed E-state index contributed by atoms with van der Waals surface area (Å²) in [6.45, 7) is 4.95. The number of hydrogen-bond acceptors (Lipinski definition) is 1. The summed E-state index contributed by atoms with van der Waals surface area (Å²) < 4.78 is 41.4. The number of benzene rings is 1. The monoisotopic (exact) mass is 322 g/mol. The lowest BCUT2D eigenvalue weighted by Gasteiger charge is -2.30. The fraction of sp³-hybridized carbons (Fsp3) is 0.444. The van der Waals surface area contributed by atoms with Gasteiger partial charge in [0.15, 0.2) is 0 Å². The first kappa shape index (κ1) is 16.1. The topological polar surface area (TPSA) is 8.17 Å². The van der Waals surface area contributed by atoms with Crippen molar-refractivity contribution >= 4 is 0 Å². The van der Waals surface area contributed by atoms with Crippen LogP contribution in [0.4, 0.5) is 13.2 Å². The Hall–Kier alpha value is -1.75. The van der Waals surface area contributed by atoms with Gasteiger partial charge in [-0.05, 0) is 56.1 Å². The molecule has 0 spiro atoms. The molecule has 1 fully saturated rings. The smallest absolute Gasteiger partial charge is 0.319 e. The molecule has 0 amide bonds. The molecular weight excluding hydrogens is 301 g/mol. The molecule has 2 nitrogen and oxygen atoms in total. The van der Waals surface area contributed by atoms with Crippen LogP contribution in [-0.2, 0) is 12.7 Å². The van der Waals surface area contributed by atoms with Gasteiger partial charge in [0, 0.05) is 18.4 Å². The molecule has 3 rings (SSSR count). The lowest BCUT2D eigenvalue weighted by atomic mass is 9.99. The van der Waals surface area contributed by atoms with Gasteiger partial charge in [-0.25, -0.2) is 0 Å². The fourth-order valence-corrected chi connectivity index (χ4v) is 3.15. The molecule has 5 heteroatoms. The van der Waals surface area contributed by atoms with Gasteiger partial charge in [-0.2, -0.15) is 13.2 Å². The van der Waals surface area contributed by atoms with E-state index in [-0.39, 0.29) is 5.69 Å². The van der Waals surface area contributed by atoms with Crippen molar-refractivity contribution in [3.8, 4) is 5.69 Å². The Bertz CT molecular complexity index is 652. The highest BCUT2D eigenvalue weighted by atomic mass is 19.4. The maximum absolute atomic E-state index is 13.2. The SMILES string of the molecule is CC1CCN(Cc2cccn2-c2ccccc2C(F)(F)F)CC1. The maximum atomic E-state index is 13.2. The molecule has 124 valence electrons. The molecule has 1 aromatic carbocycles. The van der Waals surface area contributed by atoms with Crippen LogP contribution in [0.5, 0.6) is 0 Å². The first-order valence-electron chi connectivity index (χ1n) is 8.00. The molecule has 2 heterocycles. The van der Waals surface area contributed by atoms with Crippen molar-refractivity contribution in [3.63, 3.8) is 0 Å². The second-order valence-corrected chi connectivity index (χ2v) is 6.34. The van der Waals surface area contributed by atoms with Crippen molar-refractivity contribution in [3.05, 3.63) is 53.9 Å². The van der Waals surface area contributed by atoms with Gasteiger partial charge >= 0.3 is 6.18 Å². The summed E-state index contributed by atoms with van der Waals surface area (Å²) in [5.74, 6) is 0.740. The van der Waals surface area contributed by atoms with Crippen molar-refractivity contribution < 1.29 is 13.2 Å². The van der Waals surface area contributed by atoms with Gasteiger partial charge in [-0.1, -0.05) is 19.1 Å². The van der Waals surface area contributed by atoms with Crippen LogP contribution < -0.4 is 0 Å². The molecule has 0 aliphatic carbocycles. The predicted molar refractivity (Wildman–Crippen MR) is 84.4 cm³/mol. The molecule has 0 bridgehead atoms. The largest absolute Gasteiger partial charge is 0.418 e. The third kappa shape index (κ3) is 3.61. The zero-order chi connectivity index (χ0) is 16.4. The van der Waals surface area contributed by atoms with E-state index >= 15 is 0 Å². The molecule has 0 saturated carbocycles. The van der Waals surface area contributed by atoms with Crippen LogP contribution in [0.25, 0.3) is 5.69 Å². The molecule has 23 heavy (non-hydrogen) atoms. The first-order valence-corrected chi connectivity index (χ1v) is 8.00. The fourth-order valence-electron chi connectivity index (χ4n) is 3.15. The van der Waals surface area contributed by atoms with Crippen molar-refractivity contribution in [2.75, 3.05) is 13.1 Å². The Morgan fingerprint density at radius 2 is 1.74 bits per heavy atom. The molecule has 1 saturated heterocycles. The minimum absolute atomic E-state index is 0.199. The van der Waals surface area contributed by atoms with E-state index in [1.807, 2.05) is 12.1 Å². The minimum atomic E-state index is -4.35. The van der Waals surface area contributed by atoms with Crippen LogP contribution in [0, 0.1) is 5.92 Å². The van der Waals surface area contributed by atoms with Gasteiger partial charge in [0.2, 0.25) is 0 Å². The Kier molecular flexibility index (Phi) is 4.48. The molecule has 2 aromatic rings. The number of alkyl halides is 3.